The Morgan fingerprint density at radius 2 is 2.00 bits per heavy atom. The molecule has 3 rings (SSSR count). The smallest absolute Gasteiger partial charge is 0.327 e. The number of amides is 2. The van der Waals surface area contributed by atoms with Crippen molar-refractivity contribution in [2.75, 3.05) is 24.7 Å². The molecule has 0 spiro atoms. The molecule has 0 aromatic heterocycles. The van der Waals surface area contributed by atoms with Crippen LogP contribution in [0.1, 0.15) is 12.8 Å². The van der Waals surface area contributed by atoms with Crippen molar-refractivity contribution in [2.24, 2.45) is 11.8 Å². The maximum Gasteiger partial charge on any atom is 0.327 e. The van der Waals surface area contributed by atoms with E-state index in [4.69, 9.17) is 5.11 Å². The minimum absolute atomic E-state index is 0.181. The van der Waals surface area contributed by atoms with Gasteiger partial charge in [0.2, 0.25) is 0 Å². The molecule has 4 atom stereocenters. The molecular formula is C12H18N2O4S. The molecule has 0 radical (unpaired) electrons. The second-order valence-corrected chi connectivity index (χ2v) is 6.58. The van der Waals surface area contributed by atoms with Gasteiger partial charge in [0.25, 0.3) is 0 Å². The van der Waals surface area contributed by atoms with E-state index in [1.54, 1.807) is 4.90 Å². The van der Waals surface area contributed by atoms with E-state index in [1.165, 1.54) is 16.7 Å². The van der Waals surface area contributed by atoms with Crippen LogP contribution >= 0.6 is 11.8 Å². The van der Waals surface area contributed by atoms with E-state index >= 15 is 0 Å². The summed E-state index contributed by atoms with van der Waals surface area (Å²) in [6.45, 7) is 1.23. The number of aliphatic hydroxyl groups is 1. The van der Waals surface area contributed by atoms with Gasteiger partial charge in [-0.2, -0.15) is 0 Å². The first-order valence-corrected chi connectivity index (χ1v) is 7.77. The molecular weight excluding hydrogens is 268 g/mol. The maximum absolute atomic E-state index is 12.4. The summed E-state index contributed by atoms with van der Waals surface area (Å²) in [7, 11) is 0. The van der Waals surface area contributed by atoms with E-state index < -0.39 is 12.0 Å². The number of carboxylic acid groups (broad SMARTS) is 1. The van der Waals surface area contributed by atoms with E-state index in [0.29, 0.717) is 30.6 Å². The molecule has 1 saturated carbocycles. The van der Waals surface area contributed by atoms with E-state index in [0.717, 1.165) is 12.8 Å². The third-order valence-electron chi connectivity index (χ3n) is 4.50. The lowest BCUT2D eigenvalue weighted by Crippen LogP contribution is -2.48. The minimum atomic E-state index is -0.933. The molecule has 0 aromatic carbocycles. The summed E-state index contributed by atoms with van der Waals surface area (Å²) in [6, 6.07) is -0.887. The fourth-order valence-corrected chi connectivity index (χ4v) is 4.55. The highest BCUT2D eigenvalue weighted by Crippen LogP contribution is 2.38. The van der Waals surface area contributed by atoms with Crippen LogP contribution in [-0.2, 0) is 4.79 Å². The molecule has 19 heavy (non-hydrogen) atoms. The highest BCUT2D eigenvalue weighted by atomic mass is 32.2. The number of hydrogen-bond acceptors (Lipinski definition) is 4. The predicted octanol–water partition coefficient (Wildman–Crippen LogP) is 0.269. The maximum atomic E-state index is 12.4. The normalized spacial score (nSPS) is 37.7. The van der Waals surface area contributed by atoms with Crippen molar-refractivity contribution in [3.05, 3.63) is 0 Å². The second kappa shape index (κ2) is 4.86. The van der Waals surface area contributed by atoms with Crippen LogP contribution in [0, 0.1) is 11.8 Å². The molecule has 0 bridgehead atoms. The van der Waals surface area contributed by atoms with Crippen molar-refractivity contribution in [3.8, 4) is 0 Å². The number of urea groups is 1. The number of carboxylic acids is 1. The third kappa shape index (κ3) is 2.18. The largest absolute Gasteiger partial charge is 0.480 e. The number of hydrogen-bond donors (Lipinski definition) is 2. The standard InChI is InChI=1S/C12H18N2O4S/c15-10-2-1-7-3-13(4-8(7)10)12(18)14-6-19-5-9(14)11(16)17/h7-10,15H,1-6H2,(H,16,17)/t7?,8?,9-,10?/m0/s1. The van der Waals surface area contributed by atoms with Crippen molar-refractivity contribution >= 4 is 23.8 Å². The molecule has 2 aliphatic heterocycles. The average molecular weight is 286 g/mol. The summed E-state index contributed by atoms with van der Waals surface area (Å²) >= 11 is 1.48. The molecule has 2 N–H and O–H groups in total. The number of carbonyl (C=O) groups excluding carboxylic acids is 1. The first-order valence-electron chi connectivity index (χ1n) is 6.62. The predicted molar refractivity (Wildman–Crippen MR) is 69.8 cm³/mol. The van der Waals surface area contributed by atoms with Gasteiger partial charge in [0.05, 0.1) is 12.0 Å². The van der Waals surface area contributed by atoms with Crippen molar-refractivity contribution in [2.45, 2.75) is 25.0 Å². The van der Waals surface area contributed by atoms with Crippen molar-refractivity contribution in [1.82, 2.24) is 9.80 Å². The topological polar surface area (TPSA) is 81.1 Å². The molecule has 7 heteroatoms. The number of thioether (sulfide) groups is 1. The summed E-state index contributed by atoms with van der Waals surface area (Å²) in [5.41, 5.74) is 0. The van der Waals surface area contributed by atoms with Gasteiger partial charge < -0.3 is 20.0 Å². The van der Waals surface area contributed by atoms with Gasteiger partial charge in [-0.1, -0.05) is 0 Å². The lowest BCUT2D eigenvalue weighted by molar-refractivity contribution is -0.140. The summed E-state index contributed by atoms with van der Waals surface area (Å²) in [6.07, 6.45) is 1.49. The fraction of sp³-hybridized carbons (Fsp3) is 0.833. The summed E-state index contributed by atoms with van der Waals surface area (Å²) in [5, 5.41) is 19.0. The van der Waals surface area contributed by atoms with E-state index in [-0.39, 0.29) is 18.1 Å². The Morgan fingerprint density at radius 3 is 2.68 bits per heavy atom. The SMILES string of the molecule is O=C(O)[C@@H]1CSCN1C(=O)N1CC2CCC(O)C2C1. The van der Waals surface area contributed by atoms with Crippen molar-refractivity contribution in [3.63, 3.8) is 0 Å². The van der Waals surface area contributed by atoms with Gasteiger partial charge in [0.1, 0.15) is 6.04 Å². The molecule has 6 nitrogen and oxygen atoms in total. The van der Waals surface area contributed by atoms with Crippen molar-refractivity contribution in [1.29, 1.82) is 0 Å². The summed E-state index contributed by atoms with van der Waals surface area (Å²) in [4.78, 5) is 26.7. The number of fused-ring (bicyclic) bond motifs is 1. The zero-order chi connectivity index (χ0) is 13.6. The van der Waals surface area contributed by atoms with Gasteiger partial charge in [-0.3, -0.25) is 0 Å². The minimum Gasteiger partial charge on any atom is -0.480 e. The van der Waals surface area contributed by atoms with Crippen LogP contribution in [-0.4, -0.2) is 68.9 Å². The van der Waals surface area contributed by atoms with Gasteiger partial charge in [0, 0.05) is 24.8 Å². The average Bonchev–Trinajstić information content (AvgIpc) is 3.05. The fourth-order valence-electron chi connectivity index (χ4n) is 3.41. The van der Waals surface area contributed by atoms with Gasteiger partial charge in [-0.25, -0.2) is 9.59 Å². The molecule has 1 aliphatic carbocycles. The Labute approximate surface area is 115 Å². The molecule has 2 saturated heterocycles. The highest BCUT2D eigenvalue weighted by Gasteiger charge is 2.46. The van der Waals surface area contributed by atoms with Crippen LogP contribution in [0.15, 0.2) is 0 Å². The van der Waals surface area contributed by atoms with Crippen LogP contribution in [0.2, 0.25) is 0 Å². The molecule has 2 heterocycles. The Balaban J connectivity index is 1.67. The zero-order valence-corrected chi connectivity index (χ0v) is 11.4. The number of likely N-dealkylation sites (tertiary alicyclic amines) is 1. The van der Waals surface area contributed by atoms with Gasteiger partial charge in [-0.15, -0.1) is 11.8 Å². The first-order chi connectivity index (χ1) is 9.08. The Morgan fingerprint density at radius 1 is 1.21 bits per heavy atom. The Kier molecular flexibility index (Phi) is 3.34. The lowest BCUT2D eigenvalue weighted by Gasteiger charge is -2.27. The van der Waals surface area contributed by atoms with Crippen molar-refractivity contribution < 1.29 is 19.8 Å². The summed E-state index contributed by atoms with van der Waals surface area (Å²) in [5.74, 6) is 0.548. The molecule has 2 amide bonds. The van der Waals surface area contributed by atoms with Crippen LogP contribution in [0.25, 0.3) is 0 Å². The quantitative estimate of drug-likeness (QED) is 0.723. The van der Waals surface area contributed by atoms with E-state index in [2.05, 4.69) is 0 Å². The van der Waals surface area contributed by atoms with Gasteiger partial charge in [-0.05, 0) is 18.8 Å². The first kappa shape index (κ1) is 13.1. The second-order valence-electron chi connectivity index (χ2n) is 5.58. The number of aliphatic hydroxyl groups excluding tert-OH is 1. The van der Waals surface area contributed by atoms with Crippen LogP contribution in [0.3, 0.4) is 0 Å². The highest BCUT2D eigenvalue weighted by molar-refractivity contribution is 7.99. The number of nitrogens with zero attached hydrogens (tertiary/aromatic N) is 2. The lowest BCUT2D eigenvalue weighted by atomic mass is 10.00. The number of carbonyl (C=O) groups is 2. The van der Waals surface area contributed by atoms with Crippen LogP contribution in [0.4, 0.5) is 4.79 Å². The molecule has 3 unspecified atom stereocenters. The van der Waals surface area contributed by atoms with Gasteiger partial charge >= 0.3 is 12.0 Å². The van der Waals surface area contributed by atoms with Crippen LogP contribution in [0.5, 0.6) is 0 Å². The van der Waals surface area contributed by atoms with Crippen LogP contribution < -0.4 is 0 Å². The zero-order valence-electron chi connectivity index (χ0n) is 10.6. The Bertz CT molecular complexity index is 405. The Hall–Kier alpha value is -0.950. The number of aliphatic carboxylic acids is 1. The molecule has 0 aromatic rings. The molecule has 106 valence electrons. The van der Waals surface area contributed by atoms with Gasteiger partial charge in [0.15, 0.2) is 0 Å². The number of rotatable bonds is 1. The van der Waals surface area contributed by atoms with E-state index in [9.17, 15) is 14.7 Å². The monoisotopic (exact) mass is 286 g/mol. The molecule has 3 aliphatic rings. The third-order valence-corrected chi connectivity index (χ3v) is 5.51. The van der Waals surface area contributed by atoms with E-state index in [1.807, 2.05) is 0 Å². The summed E-state index contributed by atoms with van der Waals surface area (Å²) < 4.78 is 0. The molecule has 3 fully saturated rings.